The van der Waals surface area contributed by atoms with Crippen molar-refractivity contribution >= 4 is 0 Å². The summed E-state index contributed by atoms with van der Waals surface area (Å²) in [4.78, 5) is 0. The van der Waals surface area contributed by atoms with Gasteiger partial charge in [-0.05, 0) is 19.8 Å². The number of ether oxygens (including phenoxy) is 1. The molecule has 0 amide bonds. The van der Waals surface area contributed by atoms with Gasteiger partial charge in [0.1, 0.15) is 0 Å². The number of hydrogen-bond acceptors (Lipinski definition) is 2. The van der Waals surface area contributed by atoms with E-state index in [2.05, 4.69) is 0 Å². The van der Waals surface area contributed by atoms with Crippen LogP contribution in [-0.4, -0.2) is 25.4 Å². The van der Waals surface area contributed by atoms with E-state index in [0.717, 1.165) is 0 Å². The molecule has 0 aliphatic carbocycles. The quantitative estimate of drug-likeness (QED) is 0.665. The summed E-state index contributed by atoms with van der Waals surface area (Å²) in [6.45, 7) is 2.85. The molecule has 0 bridgehead atoms. The third-order valence-electron chi connectivity index (χ3n) is 1.64. The maximum absolute atomic E-state index is 11.7. The minimum atomic E-state index is -4.09. The number of nitrogens with two attached hydrogens (primary N) is 1. The molecule has 0 radical (unpaired) electrons. The molecule has 0 heterocycles. The third-order valence-corrected chi connectivity index (χ3v) is 1.64. The SMILES string of the molecule is CCOCCC(N)CCC(F)(F)F. The Balaban J connectivity index is 3.35. The van der Waals surface area contributed by atoms with Crippen LogP contribution in [0.2, 0.25) is 0 Å². The first kappa shape index (κ1) is 12.7. The molecule has 0 aliphatic heterocycles. The number of hydrogen-bond donors (Lipinski definition) is 1. The molecular formula is C8H16F3NO. The normalized spacial score (nSPS) is 14.5. The zero-order valence-electron chi connectivity index (χ0n) is 7.73. The minimum absolute atomic E-state index is 0.0173. The molecule has 13 heavy (non-hydrogen) atoms. The van der Waals surface area contributed by atoms with E-state index in [0.29, 0.717) is 19.6 Å². The van der Waals surface area contributed by atoms with Crippen LogP contribution in [0.1, 0.15) is 26.2 Å². The van der Waals surface area contributed by atoms with Crippen LogP contribution in [0.3, 0.4) is 0 Å². The monoisotopic (exact) mass is 199 g/mol. The third kappa shape index (κ3) is 9.63. The van der Waals surface area contributed by atoms with E-state index in [4.69, 9.17) is 10.5 Å². The van der Waals surface area contributed by atoms with Crippen LogP contribution in [0.25, 0.3) is 0 Å². The van der Waals surface area contributed by atoms with Gasteiger partial charge in [-0.2, -0.15) is 13.2 Å². The van der Waals surface area contributed by atoms with Gasteiger partial charge in [-0.15, -0.1) is 0 Å². The van der Waals surface area contributed by atoms with Gasteiger partial charge >= 0.3 is 6.18 Å². The predicted octanol–water partition coefficient (Wildman–Crippen LogP) is 2.08. The Morgan fingerprint density at radius 2 is 1.92 bits per heavy atom. The summed E-state index contributed by atoms with van der Waals surface area (Å²) in [6, 6.07) is -0.409. The van der Waals surface area contributed by atoms with Gasteiger partial charge in [-0.3, -0.25) is 0 Å². The summed E-state index contributed by atoms with van der Waals surface area (Å²) in [5, 5.41) is 0. The number of rotatable bonds is 6. The molecule has 0 rings (SSSR count). The van der Waals surface area contributed by atoms with E-state index < -0.39 is 18.6 Å². The molecule has 80 valence electrons. The Morgan fingerprint density at radius 1 is 1.31 bits per heavy atom. The first-order valence-corrected chi connectivity index (χ1v) is 4.35. The van der Waals surface area contributed by atoms with Crippen LogP contribution >= 0.6 is 0 Å². The molecule has 0 spiro atoms. The molecular weight excluding hydrogens is 183 g/mol. The predicted molar refractivity (Wildman–Crippen MR) is 44.4 cm³/mol. The van der Waals surface area contributed by atoms with E-state index in [9.17, 15) is 13.2 Å². The highest BCUT2D eigenvalue weighted by Crippen LogP contribution is 2.22. The lowest BCUT2D eigenvalue weighted by Crippen LogP contribution is -2.24. The van der Waals surface area contributed by atoms with Gasteiger partial charge in [0.25, 0.3) is 0 Å². The van der Waals surface area contributed by atoms with Crippen molar-refractivity contribution in [3.63, 3.8) is 0 Å². The van der Waals surface area contributed by atoms with E-state index in [1.165, 1.54) is 0 Å². The maximum Gasteiger partial charge on any atom is 0.389 e. The van der Waals surface area contributed by atoms with Crippen LogP contribution in [0.4, 0.5) is 13.2 Å². The fraction of sp³-hybridized carbons (Fsp3) is 1.00. The van der Waals surface area contributed by atoms with Gasteiger partial charge in [-0.25, -0.2) is 0 Å². The largest absolute Gasteiger partial charge is 0.389 e. The Hall–Kier alpha value is -0.290. The Bertz CT molecular complexity index is 127. The molecule has 2 N–H and O–H groups in total. The standard InChI is InChI=1S/C8H16F3NO/c1-2-13-6-4-7(12)3-5-8(9,10)11/h7H,2-6,12H2,1H3. The average Bonchev–Trinajstić information content (AvgIpc) is 2.00. The van der Waals surface area contributed by atoms with Crippen molar-refractivity contribution in [3.8, 4) is 0 Å². The fourth-order valence-corrected chi connectivity index (χ4v) is 0.872. The molecule has 0 aliphatic rings. The highest BCUT2D eigenvalue weighted by molar-refractivity contribution is 4.63. The molecule has 5 heteroatoms. The fourth-order valence-electron chi connectivity index (χ4n) is 0.872. The van der Waals surface area contributed by atoms with Crippen molar-refractivity contribution in [2.45, 2.75) is 38.4 Å². The van der Waals surface area contributed by atoms with Crippen molar-refractivity contribution < 1.29 is 17.9 Å². The van der Waals surface area contributed by atoms with Gasteiger partial charge in [0.2, 0.25) is 0 Å². The molecule has 0 aromatic heterocycles. The van der Waals surface area contributed by atoms with Gasteiger partial charge < -0.3 is 10.5 Å². The Kier molecular flexibility index (Phi) is 6.07. The summed E-state index contributed by atoms with van der Waals surface area (Å²) in [5.74, 6) is 0. The van der Waals surface area contributed by atoms with Crippen molar-refractivity contribution in [3.05, 3.63) is 0 Å². The molecule has 1 atom stereocenters. The van der Waals surface area contributed by atoms with E-state index in [-0.39, 0.29) is 6.42 Å². The molecule has 0 aromatic carbocycles. The second-order valence-electron chi connectivity index (χ2n) is 2.90. The van der Waals surface area contributed by atoms with Crippen molar-refractivity contribution in [2.24, 2.45) is 5.73 Å². The van der Waals surface area contributed by atoms with Crippen LogP contribution < -0.4 is 5.73 Å². The average molecular weight is 199 g/mol. The molecule has 0 fully saturated rings. The summed E-state index contributed by atoms with van der Waals surface area (Å²) in [7, 11) is 0. The molecule has 0 saturated heterocycles. The Labute approximate surface area is 76.2 Å². The van der Waals surface area contributed by atoms with Crippen molar-refractivity contribution in [2.75, 3.05) is 13.2 Å². The summed E-state index contributed by atoms with van der Waals surface area (Å²) in [6.07, 6.45) is -4.43. The molecule has 0 saturated carbocycles. The zero-order chi connectivity index (χ0) is 10.3. The Morgan fingerprint density at radius 3 is 2.38 bits per heavy atom. The van der Waals surface area contributed by atoms with Gasteiger partial charge in [0.05, 0.1) is 0 Å². The molecule has 1 unspecified atom stereocenters. The molecule has 0 aromatic rings. The maximum atomic E-state index is 11.7. The van der Waals surface area contributed by atoms with Crippen LogP contribution in [0.5, 0.6) is 0 Å². The molecule has 2 nitrogen and oxygen atoms in total. The van der Waals surface area contributed by atoms with Gasteiger partial charge in [0.15, 0.2) is 0 Å². The second-order valence-corrected chi connectivity index (χ2v) is 2.90. The lowest BCUT2D eigenvalue weighted by atomic mass is 10.1. The second kappa shape index (κ2) is 6.21. The first-order chi connectivity index (χ1) is 5.95. The highest BCUT2D eigenvalue weighted by atomic mass is 19.4. The summed E-state index contributed by atoms with van der Waals surface area (Å²) in [5.41, 5.74) is 5.44. The smallest absolute Gasteiger partial charge is 0.382 e. The first-order valence-electron chi connectivity index (χ1n) is 4.35. The number of halogens is 3. The number of alkyl halides is 3. The van der Waals surface area contributed by atoms with Crippen LogP contribution in [-0.2, 0) is 4.74 Å². The minimum Gasteiger partial charge on any atom is -0.382 e. The van der Waals surface area contributed by atoms with Crippen molar-refractivity contribution in [1.29, 1.82) is 0 Å². The highest BCUT2D eigenvalue weighted by Gasteiger charge is 2.27. The van der Waals surface area contributed by atoms with Gasteiger partial charge in [0, 0.05) is 25.7 Å². The topological polar surface area (TPSA) is 35.2 Å². The van der Waals surface area contributed by atoms with E-state index in [1.807, 2.05) is 6.92 Å². The van der Waals surface area contributed by atoms with E-state index >= 15 is 0 Å². The lowest BCUT2D eigenvalue weighted by molar-refractivity contribution is -0.136. The summed E-state index contributed by atoms with van der Waals surface area (Å²) >= 11 is 0. The zero-order valence-corrected chi connectivity index (χ0v) is 7.73. The van der Waals surface area contributed by atoms with Crippen LogP contribution in [0.15, 0.2) is 0 Å². The van der Waals surface area contributed by atoms with Crippen molar-refractivity contribution in [1.82, 2.24) is 0 Å². The van der Waals surface area contributed by atoms with Crippen LogP contribution in [0, 0.1) is 0 Å². The lowest BCUT2D eigenvalue weighted by Gasteiger charge is -2.12. The van der Waals surface area contributed by atoms with E-state index in [1.54, 1.807) is 0 Å². The summed E-state index contributed by atoms with van der Waals surface area (Å²) < 4.78 is 40.1. The van der Waals surface area contributed by atoms with Gasteiger partial charge in [-0.1, -0.05) is 0 Å².